The predicted octanol–water partition coefficient (Wildman–Crippen LogP) is 1.44. The molecule has 0 aliphatic heterocycles. The van der Waals surface area contributed by atoms with E-state index in [9.17, 15) is 4.79 Å². The molecule has 0 spiro atoms. The molecule has 0 saturated heterocycles. The van der Waals surface area contributed by atoms with Gasteiger partial charge < -0.3 is 0 Å². The van der Waals surface area contributed by atoms with Gasteiger partial charge in [-0.05, 0) is 18.2 Å². The van der Waals surface area contributed by atoms with E-state index < -0.39 is 0 Å². The fraction of sp³-hybridized carbons (Fsp3) is 0. The zero-order valence-corrected chi connectivity index (χ0v) is 8.09. The van der Waals surface area contributed by atoms with Gasteiger partial charge in [-0.3, -0.25) is 4.79 Å². The number of carbonyl (C=O) groups excluding carboxylic acids is 1. The smallest absolute Gasteiger partial charge is 0.150 e. The summed E-state index contributed by atoms with van der Waals surface area (Å²) in [5.74, 6) is 0. The molecule has 0 N–H and O–H groups in total. The second kappa shape index (κ2) is 2.81. The number of hydrogen-bond donors (Lipinski definition) is 0. The molecule has 0 unspecified atom stereocenters. The summed E-state index contributed by atoms with van der Waals surface area (Å²) in [6.07, 6.45) is 0.797. The Labute approximate surface area is 82.1 Å². The van der Waals surface area contributed by atoms with E-state index in [1.807, 2.05) is 28.9 Å². The lowest BCUT2D eigenvalue weighted by molar-refractivity contribution is 0.112. The molecule has 0 atom stereocenters. The average Bonchev–Trinajstić information content (AvgIpc) is 2.47. The number of aldehydes is 1. The molecule has 0 saturated carbocycles. The largest absolute Gasteiger partial charge is 0.298 e. The van der Waals surface area contributed by atoms with Crippen LogP contribution in [0, 0.1) is 0 Å². The Kier molecular flexibility index (Phi) is 1.80. The van der Waals surface area contributed by atoms with Gasteiger partial charge in [0.05, 0.1) is 22.9 Å². The first kappa shape index (κ1) is 7.66. The molecular formula is C7H4IN3O. The van der Waals surface area contributed by atoms with E-state index in [1.54, 1.807) is 15.0 Å². The summed E-state index contributed by atoms with van der Waals surface area (Å²) in [6, 6.07) is 5.28. The summed E-state index contributed by atoms with van der Waals surface area (Å²) >= 11 is 2.03. The number of nitrogens with zero attached hydrogens (tertiary/aromatic N) is 3. The van der Waals surface area contributed by atoms with E-state index in [-0.39, 0.29) is 0 Å². The summed E-state index contributed by atoms with van der Waals surface area (Å²) in [7, 11) is 0. The molecule has 2 aromatic rings. The molecular weight excluding hydrogens is 269 g/mol. The highest BCUT2D eigenvalue weighted by molar-refractivity contribution is 14.1. The number of halogens is 1. The van der Waals surface area contributed by atoms with Crippen LogP contribution in [-0.2, 0) is 0 Å². The Morgan fingerprint density at radius 3 is 3.08 bits per heavy atom. The Bertz CT molecular complexity index is 437. The van der Waals surface area contributed by atoms with Crippen molar-refractivity contribution >= 4 is 40.2 Å². The monoisotopic (exact) mass is 273 g/mol. The van der Waals surface area contributed by atoms with E-state index in [4.69, 9.17) is 0 Å². The van der Waals surface area contributed by atoms with E-state index in [0.717, 1.165) is 17.3 Å². The van der Waals surface area contributed by atoms with Gasteiger partial charge in [0.2, 0.25) is 0 Å². The highest BCUT2D eigenvalue weighted by Gasteiger charge is 2.01. The lowest BCUT2D eigenvalue weighted by atomic mass is 10.2. The Hall–Kier alpha value is -0.980. The van der Waals surface area contributed by atoms with Crippen LogP contribution in [0.15, 0.2) is 18.2 Å². The van der Waals surface area contributed by atoms with Crippen LogP contribution in [0.2, 0.25) is 0 Å². The van der Waals surface area contributed by atoms with Crippen molar-refractivity contribution in [3.05, 3.63) is 23.8 Å². The molecule has 0 aliphatic rings. The first-order valence-corrected chi connectivity index (χ1v) is 4.24. The molecule has 0 amide bonds. The van der Waals surface area contributed by atoms with Gasteiger partial charge in [-0.1, -0.05) is 5.21 Å². The van der Waals surface area contributed by atoms with Gasteiger partial charge in [0.15, 0.2) is 0 Å². The van der Waals surface area contributed by atoms with E-state index in [0.29, 0.717) is 5.56 Å². The van der Waals surface area contributed by atoms with Gasteiger partial charge in [-0.15, -0.1) is 5.10 Å². The number of aromatic nitrogens is 3. The maximum Gasteiger partial charge on any atom is 0.150 e. The fourth-order valence-electron chi connectivity index (χ4n) is 0.986. The van der Waals surface area contributed by atoms with Crippen LogP contribution < -0.4 is 0 Å². The van der Waals surface area contributed by atoms with Crippen molar-refractivity contribution in [2.45, 2.75) is 0 Å². The molecule has 60 valence electrons. The molecule has 0 radical (unpaired) electrons. The van der Waals surface area contributed by atoms with Gasteiger partial charge in [-0.25, -0.2) is 0 Å². The first-order chi connectivity index (χ1) is 5.81. The van der Waals surface area contributed by atoms with E-state index >= 15 is 0 Å². The summed E-state index contributed by atoms with van der Waals surface area (Å²) in [4.78, 5) is 10.4. The van der Waals surface area contributed by atoms with Crippen molar-refractivity contribution in [3.63, 3.8) is 0 Å². The number of hydrogen-bond acceptors (Lipinski definition) is 3. The van der Waals surface area contributed by atoms with Gasteiger partial charge in [0, 0.05) is 5.56 Å². The first-order valence-electron chi connectivity index (χ1n) is 3.28. The number of fused-ring (bicyclic) bond motifs is 1. The molecule has 5 heteroatoms. The average molecular weight is 273 g/mol. The van der Waals surface area contributed by atoms with Crippen LogP contribution in [0.5, 0.6) is 0 Å². The third-order valence-electron chi connectivity index (χ3n) is 1.57. The molecule has 4 nitrogen and oxygen atoms in total. The van der Waals surface area contributed by atoms with E-state index in [1.165, 1.54) is 0 Å². The van der Waals surface area contributed by atoms with Crippen molar-refractivity contribution in [1.29, 1.82) is 0 Å². The summed E-state index contributed by atoms with van der Waals surface area (Å²) in [5, 5.41) is 7.68. The summed E-state index contributed by atoms with van der Waals surface area (Å²) < 4.78 is 1.64. The Morgan fingerprint density at radius 2 is 2.33 bits per heavy atom. The maximum atomic E-state index is 10.4. The highest BCUT2D eigenvalue weighted by Crippen LogP contribution is 2.13. The molecule has 0 aliphatic carbocycles. The van der Waals surface area contributed by atoms with Crippen LogP contribution in [0.1, 0.15) is 10.4 Å². The SMILES string of the molecule is O=Cc1ccc2c(c1)nnn2I. The molecule has 1 heterocycles. The second-order valence-corrected chi connectivity index (χ2v) is 3.23. The summed E-state index contributed by atoms with van der Waals surface area (Å²) in [6.45, 7) is 0. The molecule has 1 aromatic heterocycles. The van der Waals surface area contributed by atoms with Gasteiger partial charge in [0.1, 0.15) is 17.3 Å². The third kappa shape index (κ3) is 1.09. The minimum Gasteiger partial charge on any atom is -0.298 e. The van der Waals surface area contributed by atoms with Crippen molar-refractivity contribution in [1.82, 2.24) is 13.2 Å². The molecule has 1 aromatic carbocycles. The fourth-order valence-corrected chi connectivity index (χ4v) is 1.49. The van der Waals surface area contributed by atoms with E-state index in [2.05, 4.69) is 10.3 Å². The van der Waals surface area contributed by atoms with Crippen LogP contribution >= 0.6 is 22.9 Å². The number of benzene rings is 1. The second-order valence-electron chi connectivity index (χ2n) is 2.32. The normalized spacial score (nSPS) is 10.4. The van der Waals surface area contributed by atoms with Gasteiger partial charge in [-0.2, -0.15) is 2.90 Å². The van der Waals surface area contributed by atoms with Gasteiger partial charge in [0.25, 0.3) is 0 Å². The van der Waals surface area contributed by atoms with Crippen molar-refractivity contribution < 1.29 is 4.79 Å². The van der Waals surface area contributed by atoms with Crippen molar-refractivity contribution in [2.24, 2.45) is 0 Å². The predicted molar refractivity (Wildman–Crippen MR) is 52.3 cm³/mol. The highest BCUT2D eigenvalue weighted by atomic mass is 127. The topological polar surface area (TPSA) is 47.8 Å². The molecule has 0 bridgehead atoms. The lowest BCUT2D eigenvalue weighted by Gasteiger charge is -1.89. The maximum absolute atomic E-state index is 10.4. The zero-order chi connectivity index (χ0) is 8.55. The number of carbonyl (C=O) groups is 1. The van der Waals surface area contributed by atoms with Crippen molar-refractivity contribution in [3.8, 4) is 0 Å². The molecule has 12 heavy (non-hydrogen) atoms. The van der Waals surface area contributed by atoms with Crippen LogP contribution in [0.4, 0.5) is 0 Å². The minimum atomic E-state index is 0.624. The quantitative estimate of drug-likeness (QED) is 0.583. The molecule has 0 fully saturated rings. The van der Waals surface area contributed by atoms with Crippen LogP contribution in [-0.4, -0.2) is 19.5 Å². The lowest BCUT2D eigenvalue weighted by Crippen LogP contribution is -1.81. The van der Waals surface area contributed by atoms with Gasteiger partial charge >= 0.3 is 0 Å². The third-order valence-corrected chi connectivity index (χ3v) is 2.28. The zero-order valence-electron chi connectivity index (χ0n) is 5.94. The van der Waals surface area contributed by atoms with Crippen LogP contribution in [0.25, 0.3) is 11.0 Å². The van der Waals surface area contributed by atoms with Crippen molar-refractivity contribution in [2.75, 3.05) is 0 Å². The standard InChI is InChI=1S/C7H4IN3O/c8-11-7-2-1-5(4-12)3-6(7)9-10-11/h1-4H. The Balaban J connectivity index is 2.77. The number of rotatable bonds is 1. The molecule has 2 rings (SSSR count). The minimum absolute atomic E-state index is 0.624. The van der Waals surface area contributed by atoms with Crippen LogP contribution in [0.3, 0.4) is 0 Å². The summed E-state index contributed by atoms with van der Waals surface area (Å²) in [5.41, 5.74) is 2.29. The Morgan fingerprint density at radius 1 is 1.50 bits per heavy atom.